The first-order chi connectivity index (χ1) is 9.35. The number of nitrogens with zero attached hydrogens (tertiary/aromatic N) is 3. The predicted octanol–water partition coefficient (Wildman–Crippen LogP) is 4.67. The van der Waals surface area contributed by atoms with E-state index in [0.717, 1.165) is 19.5 Å². The van der Waals surface area contributed by atoms with Crippen LogP contribution in [-0.4, -0.2) is 43.6 Å². The number of hydrogen-bond donors (Lipinski definition) is 0. The quantitative estimate of drug-likeness (QED) is 0.359. The van der Waals surface area contributed by atoms with Gasteiger partial charge in [0.1, 0.15) is 0 Å². The van der Waals surface area contributed by atoms with Crippen molar-refractivity contribution in [1.82, 2.24) is 4.90 Å². The average Bonchev–Trinajstić information content (AvgIpc) is 2.42. The third-order valence-electron chi connectivity index (χ3n) is 3.20. The van der Waals surface area contributed by atoms with Crippen LogP contribution in [0.25, 0.3) is 0 Å². The van der Waals surface area contributed by atoms with Gasteiger partial charge in [0.2, 0.25) is 0 Å². The van der Waals surface area contributed by atoms with Gasteiger partial charge in [-0.25, -0.2) is 9.98 Å². The van der Waals surface area contributed by atoms with E-state index in [2.05, 4.69) is 34.7 Å². The van der Waals surface area contributed by atoms with Gasteiger partial charge in [-0.2, -0.15) is 0 Å². The Kier molecular flexibility index (Phi) is 20.4. The smallest absolute Gasteiger partial charge is 0.0892 e. The van der Waals surface area contributed by atoms with Crippen molar-refractivity contribution in [2.24, 2.45) is 9.98 Å². The lowest BCUT2D eigenvalue weighted by Gasteiger charge is -2.21. The lowest BCUT2D eigenvalue weighted by molar-refractivity contribution is 0.260. The van der Waals surface area contributed by atoms with Crippen molar-refractivity contribution >= 4 is 18.4 Å². The summed E-state index contributed by atoms with van der Waals surface area (Å²) in [5, 5.41) is 0. The van der Waals surface area contributed by atoms with E-state index in [0.29, 0.717) is 0 Å². The van der Waals surface area contributed by atoms with Gasteiger partial charge >= 0.3 is 0 Å². The van der Waals surface area contributed by atoms with E-state index >= 15 is 0 Å². The molecular formula is C16H34ClN3. The van der Waals surface area contributed by atoms with Crippen molar-refractivity contribution in [3.05, 3.63) is 0 Å². The van der Waals surface area contributed by atoms with Crippen molar-refractivity contribution < 1.29 is 0 Å². The highest BCUT2D eigenvalue weighted by Gasteiger charge is 2.03. The first-order valence-corrected chi connectivity index (χ1v) is 8.15. The minimum Gasteiger partial charge on any atom is -0.303 e. The molecule has 0 bridgehead atoms. The summed E-state index contributed by atoms with van der Waals surface area (Å²) in [6, 6.07) is 2.74. The van der Waals surface area contributed by atoms with E-state index in [1.807, 2.05) is 6.92 Å². The van der Waals surface area contributed by atoms with E-state index < -0.39 is 0 Å². The molecule has 0 atom stereocenters. The molecule has 0 unspecified atom stereocenters. The zero-order valence-corrected chi connectivity index (χ0v) is 14.6. The standard InChI is InChI=1S/C16H33N3.ClH/c1-4-7-9-13-19(14-10-8-5-2)15-11-12-18-16-17-6-3;/h4-15H2,1-3H3;1H. The molecule has 0 heterocycles. The van der Waals surface area contributed by atoms with Crippen LogP contribution < -0.4 is 0 Å². The molecule has 0 rings (SSSR count). The minimum absolute atomic E-state index is 0. The van der Waals surface area contributed by atoms with E-state index in [-0.39, 0.29) is 12.4 Å². The molecule has 3 nitrogen and oxygen atoms in total. The molecule has 0 fully saturated rings. The van der Waals surface area contributed by atoms with Crippen LogP contribution in [-0.2, 0) is 0 Å². The van der Waals surface area contributed by atoms with Crippen molar-refractivity contribution in [3.63, 3.8) is 0 Å². The Morgan fingerprint density at radius 3 is 1.80 bits per heavy atom. The molecule has 0 aliphatic carbocycles. The second kappa shape index (κ2) is 18.6. The fraction of sp³-hybridized carbons (Fsp3) is 0.938. The van der Waals surface area contributed by atoms with Gasteiger partial charge in [0, 0.05) is 6.54 Å². The van der Waals surface area contributed by atoms with Crippen LogP contribution in [0.5, 0.6) is 0 Å². The minimum atomic E-state index is 0. The number of unbranched alkanes of at least 4 members (excludes halogenated alkanes) is 4. The third-order valence-corrected chi connectivity index (χ3v) is 3.20. The molecule has 0 saturated heterocycles. The molecule has 4 heteroatoms. The van der Waals surface area contributed by atoms with Gasteiger partial charge in [0.15, 0.2) is 0 Å². The monoisotopic (exact) mass is 303 g/mol. The van der Waals surface area contributed by atoms with Gasteiger partial charge in [-0.3, -0.25) is 0 Å². The summed E-state index contributed by atoms with van der Waals surface area (Å²) in [6.07, 6.45) is 9.12. The molecule has 0 spiro atoms. The SMILES string of the molecule is CCCCCN(CCCCC)CCCN=C=NCC.Cl. The molecule has 0 saturated carbocycles. The van der Waals surface area contributed by atoms with Gasteiger partial charge in [0.05, 0.1) is 12.6 Å². The third kappa shape index (κ3) is 15.7. The van der Waals surface area contributed by atoms with Crippen molar-refractivity contribution in [3.8, 4) is 0 Å². The molecule has 0 aromatic heterocycles. The maximum absolute atomic E-state index is 4.18. The highest BCUT2D eigenvalue weighted by molar-refractivity contribution is 5.85. The van der Waals surface area contributed by atoms with Crippen LogP contribution in [0.2, 0.25) is 0 Å². The number of aliphatic imine (C=N–C) groups is 2. The van der Waals surface area contributed by atoms with E-state index in [1.165, 1.54) is 58.2 Å². The van der Waals surface area contributed by atoms with Gasteiger partial charge in [-0.1, -0.05) is 39.5 Å². The molecule has 20 heavy (non-hydrogen) atoms. The second-order valence-electron chi connectivity index (χ2n) is 5.07. The van der Waals surface area contributed by atoms with Gasteiger partial charge in [0.25, 0.3) is 0 Å². The molecule has 0 radical (unpaired) electrons. The van der Waals surface area contributed by atoms with Crippen LogP contribution in [0, 0.1) is 0 Å². The first kappa shape index (κ1) is 21.9. The van der Waals surface area contributed by atoms with Gasteiger partial charge < -0.3 is 4.90 Å². The van der Waals surface area contributed by atoms with E-state index in [1.54, 1.807) is 0 Å². The number of halogens is 1. The summed E-state index contributed by atoms with van der Waals surface area (Å²) in [6.45, 7) is 11.9. The normalized spacial score (nSPS) is 10.0. The fourth-order valence-electron chi connectivity index (χ4n) is 2.05. The predicted molar refractivity (Wildman–Crippen MR) is 92.6 cm³/mol. The maximum Gasteiger partial charge on any atom is 0.0892 e. The summed E-state index contributed by atoms with van der Waals surface area (Å²) < 4.78 is 0. The molecule has 0 aromatic carbocycles. The Morgan fingerprint density at radius 1 is 0.750 bits per heavy atom. The Morgan fingerprint density at radius 2 is 1.30 bits per heavy atom. The zero-order valence-electron chi connectivity index (χ0n) is 13.7. The van der Waals surface area contributed by atoms with Crippen LogP contribution in [0.3, 0.4) is 0 Å². The average molecular weight is 304 g/mol. The van der Waals surface area contributed by atoms with Crippen LogP contribution >= 0.6 is 12.4 Å². The lowest BCUT2D eigenvalue weighted by atomic mass is 10.2. The molecule has 0 amide bonds. The molecule has 0 N–H and O–H groups in total. The summed E-state index contributed by atoms with van der Waals surface area (Å²) >= 11 is 0. The summed E-state index contributed by atoms with van der Waals surface area (Å²) in [5.41, 5.74) is 0. The molecular weight excluding hydrogens is 270 g/mol. The topological polar surface area (TPSA) is 28.0 Å². The summed E-state index contributed by atoms with van der Waals surface area (Å²) in [5.74, 6) is 0. The highest BCUT2D eigenvalue weighted by atomic mass is 35.5. The zero-order chi connectivity index (χ0) is 14.2. The molecule has 0 aromatic rings. The van der Waals surface area contributed by atoms with Crippen LogP contribution in [0.4, 0.5) is 0 Å². The summed E-state index contributed by atoms with van der Waals surface area (Å²) in [4.78, 5) is 10.8. The molecule has 120 valence electrons. The largest absolute Gasteiger partial charge is 0.303 e. The maximum atomic E-state index is 4.18. The van der Waals surface area contributed by atoms with E-state index in [9.17, 15) is 0 Å². The van der Waals surface area contributed by atoms with Crippen molar-refractivity contribution in [2.45, 2.75) is 65.7 Å². The van der Waals surface area contributed by atoms with E-state index in [4.69, 9.17) is 0 Å². The van der Waals surface area contributed by atoms with Crippen LogP contribution in [0.1, 0.15) is 65.7 Å². The first-order valence-electron chi connectivity index (χ1n) is 8.15. The second-order valence-corrected chi connectivity index (χ2v) is 5.07. The fourth-order valence-corrected chi connectivity index (χ4v) is 2.05. The summed E-state index contributed by atoms with van der Waals surface area (Å²) in [7, 11) is 0. The molecule has 0 aliphatic rings. The van der Waals surface area contributed by atoms with Crippen LogP contribution in [0.15, 0.2) is 9.98 Å². The number of hydrogen-bond acceptors (Lipinski definition) is 3. The Balaban J connectivity index is 0. The van der Waals surface area contributed by atoms with Gasteiger partial charge in [-0.15, -0.1) is 12.4 Å². The van der Waals surface area contributed by atoms with Crippen molar-refractivity contribution in [2.75, 3.05) is 32.7 Å². The Bertz CT molecular complexity index is 228. The Labute approximate surface area is 132 Å². The van der Waals surface area contributed by atoms with Gasteiger partial charge in [-0.05, 0) is 45.8 Å². The van der Waals surface area contributed by atoms with Crippen molar-refractivity contribution in [1.29, 1.82) is 0 Å². The highest BCUT2D eigenvalue weighted by Crippen LogP contribution is 2.03. The Hall–Kier alpha value is -0.370. The lowest BCUT2D eigenvalue weighted by Crippen LogP contribution is -2.27. The number of rotatable bonds is 13. The molecule has 0 aliphatic heterocycles.